The zero-order chi connectivity index (χ0) is 14.0. The fourth-order valence-corrected chi connectivity index (χ4v) is 3.08. The number of aromatic nitrogens is 2. The molecule has 0 radical (unpaired) electrons. The molecule has 0 aliphatic rings. The van der Waals surface area contributed by atoms with Crippen LogP contribution in [0.2, 0.25) is 0 Å². The standard InChI is InChI=1S/C12H10Br2N2O3/c1-18-10-7(13)3-6(4-8(10)14)11-15-5-9(16-11)12(17)19-2/h3-5H,1-2H3,(H,15,16). The second-order valence-corrected chi connectivity index (χ2v) is 5.32. The van der Waals surface area contributed by atoms with E-state index in [1.807, 2.05) is 12.1 Å². The quantitative estimate of drug-likeness (QED) is 0.817. The molecule has 0 bridgehead atoms. The van der Waals surface area contributed by atoms with Crippen LogP contribution < -0.4 is 4.74 Å². The smallest absolute Gasteiger partial charge is 0.356 e. The molecule has 7 heteroatoms. The van der Waals surface area contributed by atoms with Gasteiger partial charge in [0.15, 0.2) is 0 Å². The lowest BCUT2D eigenvalue weighted by atomic mass is 10.2. The summed E-state index contributed by atoms with van der Waals surface area (Å²) in [6.07, 6.45) is 1.44. The molecule has 0 amide bonds. The van der Waals surface area contributed by atoms with Crippen LogP contribution in [0.3, 0.4) is 0 Å². The predicted molar refractivity (Wildman–Crippen MR) is 77.3 cm³/mol. The van der Waals surface area contributed by atoms with Crippen LogP contribution in [-0.2, 0) is 4.74 Å². The number of benzene rings is 1. The Kier molecular flexibility index (Phi) is 4.26. The molecule has 0 aliphatic carbocycles. The van der Waals surface area contributed by atoms with Crippen LogP contribution in [-0.4, -0.2) is 30.2 Å². The van der Waals surface area contributed by atoms with Crippen molar-refractivity contribution in [2.45, 2.75) is 0 Å². The summed E-state index contributed by atoms with van der Waals surface area (Å²) in [6, 6.07) is 3.70. The number of H-pyrrole nitrogens is 1. The van der Waals surface area contributed by atoms with Gasteiger partial charge in [0.25, 0.3) is 0 Å². The highest BCUT2D eigenvalue weighted by Crippen LogP contribution is 2.36. The third-order valence-electron chi connectivity index (χ3n) is 2.46. The van der Waals surface area contributed by atoms with Gasteiger partial charge in [-0.3, -0.25) is 0 Å². The number of methoxy groups -OCH3 is 2. The molecule has 0 atom stereocenters. The van der Waals surface area contributed by atoms with Crippen LogP contribution in [0.15, 0.2) is 27.3 Å². The van der Waals surface area contributed by atoms with Gasteiger partial charge in [-0.2, -0.15) is 0 Å². The van der Waals surface area contributed by atoms with Crippen molar-refractivity contribution < 1.29 is 14.3 Å². The maximum absolute atomic E-state index is 11.4. The summed E-state index contributed by atoms with van der Waals surface area (Å²) in [4.78, 5) is 18.4. The molecule has 5 nitrogen and oxygen atoms in total. The van der Waals surface area contributed by atoms with Crippen molar-refractivity contribution in [1.29, 1.82) is 0 Å². The first-order valence-corrected chi connectivity index (χ1v) is 6.82. The van der Waals surface area contributed by atoms with E-state index < -0.39 is 5.97 Å². The Bertz CT molecular complexity index is 602. The van der Waals surface area contributed by atoms with Gasteiger partial charge in [-0.1, -0.05) is 0 Å². The number of hydrogen-bond donors (Lipinski definition) is 1. The van der Waals surface area contributed by atoms with E-state index in [2.05, 4.69) is 46.6 Å². The SMILES string of the molecule is COC(=O)c1cnc(-c2cc(Br)c(OC)c(Br)c2)[nH]1. The number of carbonyl (C=O) groups excluding carboxylic acids is 1. The number of hydrogen-bond acceptors (Lipinski definition) is 4. The van der Waals surface area contributed by atoms with Crippen molar-refractivity contribution in [3.05, 3.63) is 33.0 Å². The topological polar surface area (TPSA) is 64.2 Å². The second-order valence-electron chi connectivity index (χ2n) is 3.61. The Morgan fingerprint density at radius 1 is 1.26 bits per heavy atom. The van der Waals surface area contributed by atoms with Gasteiger partial charge in [0.05, 0.1) is 29.4 Å². The van der Waals surface area contributed by atoms with Gasteiger partial charge in [0.1, 0.15) is 17.3 Å². The lowest BCUT2D eigenvalue weighted by Crippen LogP contribution is -2.00. The average Bonchev–Trinajstić information content (AvgIpc) is 2.87. The zero-order valence-corrected chi connectivity index (χ0v) is 13.3. The number of nitrogens with one attached hydrogen (secondary N) is 1. The molecule has 19 heavy (non-hydrogen) atoms. The summed E-state index contributed by atoms with van der Waals surface area (Å²) in [5.41, 5.74) is 1.12. The first-order chi connectivity index (χ1) is 9.06. The van der Waals surface area contributed by atoms with Crippen LogP contribution in [0.1, 0.15) is 10.5 Å². The fourth-order valence-electron chi connectivity index (χ4n) is 1.57. The van der Waals surface area contributed by atoms with E-state index in [4.69, 9.17) is 4.74 Å². The van der Waals surface area contributed by atoms with Gasteiger partial charge in [0.2, 0.25) is 0 Å². The number of rotatable bonds is 3. The van der Waals surface area contributed by atoms with Gasteiger partial charge in [-0.15, -0.1) is 0 Å². The van der Waals surface area contributed by atoms with Crippen molar-refractivity contribution in [2.75, 3.05) is 14.2 Å². The van der Waals surface area contributed by atoms with Gasteiger partial charge in [0, 0.05) is 5.56 Å². The van der Waals surface area contributed by atoms with E-state index in [0.29, 0.717) is 17.3 Å². The van der Waals surface area contributed by atoms with E-state index >= 15 is 0 Å². The molecule has 0 saturated carbocycles. The van der Waals surface area contributed by atoms with Gasteiger partial charge >= 0.3 is 5.97 Å². The molecule has 2 rings (SSSR count). The Labute approximate surface area is 126 Å². The third kappa shape index (κ3) is 2.82. The second kappa shape index (κ2) is 5.75. The molecule has 0 saturated heterocycles. The van der Waals surface area contributed by atoms with Crippen molar-refractivity contribution in [2.24, 2.45) is 0 Å². The first kappa shape index (κ1) is 14.1. The van der Waals surface area contributed by atoms with Crippen molar-refractivity contribution in [1.82, 2.24) is 9.97 Å². The molecule has 2 aromatic rings. The Morgan fingerprint density at radius 3 is 2.42 bits per heavy atom. The zero-order valence-electron chi connectivity index (χ0n) is 10.2. The highest BCUT2D eigenvalue weighted by molar-refractivity contribution is 9.11. The van der Waals surface area contributed by atoms with Crippen LogP contribution >= 0.6 is 31.9 Å². The lowest BCUT2D eigenvalue weighted by molar-refractivity contribution is 0.0595. The van der Waals surface area contributed by atoms with Crippen LogP contribution in [0.4, 0.5) is 0 Å². The highest BCUT2D eigenvalue weighted by Gasteiger charge is 2.14. The fraction of sp³-hybridized carbons (Fsp3) is 0.167. The summed E-state index contributed by atoms with van der Waals surface area (Å²) in [6.45, 7) is 0. The molecule has 1 heterocycles. The molecular weight excluding hydrogens is 380 g/mol. The summed E-state index contributed by atoms with van der Waals surface area (Å²) < 4.78 is 11.4. The van der Waals surface area contributed by atoms with E-state index in [0.717, 1.165) is 14.5 Å². The van der Waals surface area contributed by atoms with Crippen molar-refractivity contribution in [3.8, 4) is 17.1 Å². The van der Waals surface area contributed by atoms with Crippen LogP contribution in [0.25, 0.3) is 11.4 Å². The van der Waals surface area contributed by atoms with Crippen molar-refractivity contribution in [3.63, 3.8) is 0 Å². The van der Waals surface area contributed by atoms with E-state index in [1.165, 1.54) is 13.3 Å². The summed E-state index contributed by atoms with van der Waals surface area (Å²) in [7, 11) is 2.91. The third-order valence-corrected chi connectivity index (χ3v) is 3.64. The largest absolute Gasteiger partial charge is 0.494 e. The molecule has 100 valence electrons. The molecule has 0 aliphatic heterocycles. The molecule has 1 aromatic carbocycles. The highest BCUT2D eigenvalue weighted by atomic mass is 79.9. The molecular formula is C12H10Br2N2O3. The molecule has 0 fully saturated rings. The number of halogens is 2. The number of esters is 1. The monoisotopic (exact) mass is 388 g/mol. The van der Waals surface area contributed by atoms with E-state index in [9.17, 15) is 4.79 Å². The Balaban J connectivity index is 2.42. The number of ether oxygens (including phenoxy) is 2. The van der Waals surface area contributed by atoms with Crippen LogP contribution in [0, 0.1) is 0 Å². The molecule has 1 N–H and O–H groups in total. The van der Waals surface area contributed by atoms with Gasteiger partial charge < -0.3 is 14.5 Å². The summed E-state index contributed by atoms with van der Waals surface area (Å²) in [5.74, 6) is 0.818. The lowest BCUT2D eigenvalue weighted by Gasteiger charge is -2.07. The average molecular weight is 390 g/mol. The van der Waals surface area contributed by atoms with Crippen LogP contribution in [0.5, 0.6) is 5.75 Å². The first-order valence-electron chi connectivity index (χ1n) is 5.23. The minimum Gasteiger partial charge on any atom is -0.494 e. The number of imidazole rings is 1. The van der Waals surface area contributed by atoms with Crippen molar-refractivity contribution >= 4 is 37.8 Å². The summed E-state index contributed by atoms with van der Waals surface area (Å²) in [5, 5.41) is 0. The normalized spacial score (nSPS) is 10.3. The van der Waals surface area contributed by atoms with Gasteiger partial charge in [-0.25, -0.2) is 9.78 Å². The Hall–Kier alpha value is -1.34. The predicted octanol–water partition coefficient (Wildman–Crippen LogP) is 3.40. The number of carbonyl (C=O) groups is 1. The maximum atomic E-state index is 11.4. The summed E-state index contributed by atoms with van der Waals surface area (Å²) >= 11 is 6.83. The minimum absolute atomic E-state index is 0.306. The van der Waals surface area contributed by atoms with E-state index in [-0.39, 0.29) is 0 Å². The number of nitrogens with zero attached hydrogens (tertiary/aromatic N) is 1. The molecule has 0 unspecified atom stereocenters. The minimum atomic E-state index is -0.453. The number of aromatic amines is 1. The molecule has 0 spiro atoms. The van der Waals surface area contributed by atoms with E-state index in [1.54, 1.807) is 7.11 Å². The molecule has 1 aromatic heterocycles. The Morgan fingerprint density at radius 2 is 1.89 bits per heavy atom. The maximum Gasteiger partial charge on any atom is 0.356 e. The van der Waals surface area contributed by atoms with Gasteiger partial charge in [-0.05, 0) is 44.0 Å².